The maximum absolute atomic E-state index is 10.5. The Bertz CT molecular complexity index is 1050. The monoisotopic (exact) mass is 574 g/mol. The summed E-state index contributed by atoms with van der Waals surface area (Å²) >= 11 is 6.71. The van der Waals surface area contributed by atoms with Gasteiger partial charge in [0.2, 0.25) is 0 Å². The van der Waals surface area contributed by atoms with Crippen molar-refractivity contribution in [1.82, 2.24) is 0 Å². The average Bonchev–Trinajstić information content (AvgIpc) is 2.94. The Balaban J connectivity index is 1.66. The lowest BCUT2D eigenvalue weighted by Crippen LogP contribution is -2.65. The number of benzene rings is 2. The van der Waals surface area contributed by atoms with Gasteiger partial charge in [-0.25, -0.2) is 0 Å². The number of fused-ring (bicyclic) bond motifs is 1. The predicted octanol–water partition coefficient (Wildman–Crippen LogP) is 6.66. The third-order valence-electron chi connectivity index (χ3n) is 8.37. The molecule has 1 saturated heterocycles. The molecular weight excluding hydrogens is 528 g/mol. The molecule has 6 nitrogen and oxygen atoms in total. The van der Waals surface area contributed by atoms with E-state index in [0.717, 1.165) is 61.0 Å². The molecule has 7 heteroatoms. The largest absolute Gasteiger partial charge is 0.494 e. The van der Waals surface area contributed by atoms with Crippen molar-refractivity contribution in [3.05, 3.63) is 64.2 Å². The fourth-order valence-corrected chi connectivity index (χ4v) is 6.29. The van der Waals surface area contributed by atoms with Crippen LogP contribution in [0.3, 0.4) is 0 Å². The van der Waals surface area contributed by atoms with E-state index >= 15 is 0 Å². The summed E-state index contributed by atoms with van der Waals surface area (Å²) < 4.78 is 25.7. The SMILES string of the molecule is CCCCO[C@@H]1[C@@H](OCCCC)[C@H](c2ccc(Cl)c(Cc3ccc(OCC)cc3)c2)O[C@]2(CC(O)CO)CC[C@H]12. The molecule has 2 N–H and O–H groups in total. The Morgan fingerprint density at radius 1 is 1.00 bits per heavy atom. The molecule has 4 rings (SSSR count). The molecule has 2 fully saturated rings. The van der Waals surface area contributed by atoms with E-state index in [-0.39, 0.29) is 30.8 Å². The van der Waals surface area contributed by atoms with Crippen molar-refractivity contribution in [3.63, 3.8) is 0 Å². The van der Waals surface area contributed by atoms with Crippen LogP contribution in [0.25, 0.3) is 0 Å². The van der Waals surface area contributed by atoms with Gasteiger partial charge in [0.05, 0.1) is 31.0 Å². The molecule has 222 valence electrons. The van der Waals surface area contributed by atoms with Crippen LogP contribution in [0.5, 0.6) is 5.75 Å². The molecule has 0 aromatic heterocycles. The number of rotatable bonds is 16. The molecule has 1 unspecified atom stereocenters. The number of aliphatic hydroxyl groups is 2. The molecule has 1 heterocycles. The third-order valence-corrected chi connectivity index (χ3v) is 8.74. The van der Waals surface area contributed by atoms with Gasteiger partial charge in [-0.2, -0.15) is 0 Å². The molecule has 0 radical (unpaired) electrons. The third kappa shape index (κ3) is 7.39. The van der Waals surface area contributed by atoms with Gasteiger partial charge in [0.1, 0.15) is 18.0 Å². The lowest BCUT2D eigenvalue weighted by molar-refractivity contribution is -0.311. The summed E-state index contributed by atoms with van der Waals surface area (Å²) in [5.74, 6) is 0.970. The Hall–Kier alpha value is -1.67. The highest BCUT2D eigenvalue weighted by molar-refractivity contribution is 6.31. The van der Waals surface area contributed by atoms with Crippen LogP contribution in [-0.4, -0.2) is 60.6 Å². The van der Waals surface area contributed by atoms with Crippen molar-refractivity contribution in [2.75, 3.05) is 26.4 Å². The van der Waals surface area contributed by atoms with Gasteiger partial charge in [-0.3, -0.25) is 0 Å². The van der Waals surface area contributed by atoms with Crippen molar-refractivity contribution in [2.45, 2.75) is 102 Å². The zero-order valence-electron chi connectivity index (χ0n) is 24.3. The summed E-state index contributed by atoms with van der Waals surface area (Å²) in [6, 6.07) is 14.2. The van der Waals surface area contributed by atoms with Crippen LogP contribution >= 0.6 is 11.6 Å². The molecule has 0 amide bonds. The van der Waals surface area contributed by atoms with E-state index in [4.69, 9.17) is 30.5 Å². The Morgan fingerprint density at radius 2 is 1.70 bits per heavy atom. The van der Waals surface area contributed by atoms with Crippen molar-refractivity contribution >= 4 is 11.6 Å². The molecule has 2 aromatic rings. The van der Waals surface area contributed by atoms with Gasteiger partial charge in [0.15, 0.2) is 0 Å². The molecule has 2 aliphatic rings. The van der Waals surface area contributed by atoms with E-state index in [9.17, 15) is 10.2 Å². The molecule has 40 heavy (non-hydrogen) atoms. The standard InChI is InChI=1S/C33H47ClO6/c1-4-7-17-38-31-28-15-16-33(28,21-26(36)22-35)40-30(32(31)39-18-8-5-2)24-11-14-29(34)25(20-24)19-23-9-12-27(13-10-23)37-6-3/h9-14,20,26,28,30-32,35-36H,4-8,15-19,21-22H2,1-3H3/t26?,28-,30+,31+,32+,33+/m1/s1. The van der Waals surface area contributed by atoms with Crippen LogP contribution in [0, 0.1) is 5.92 Å². The van der Waals surface area contributed by atoms with Gasteiger partial charge in [-0.05, 0) is 73.9 Å². The minimum atomic E-state index is -0.835. The number of halogens is 1. The fraction of sp³-hybridized carbons (Fsp3) is 0.636. The highest BCUT2D eigenvalue weighted by atomic mass is 35.5. The second-order valence-corrected chi connectivity index (χ2v) is 11.7. The summed E-state index contributed by atoms with van der Waals surface area (Å²) in [4.78, 5) is 0. The molecule has 1 saturated carbocycles. The maximum atomic E-state index is 10.5. The quantitative estimate of drug-likeness (QED) is 0.218. The van der Waals surface area contributed by atoms with E-state index < -0.39 is 11.7 Å². The first kappa shape index (κ1) is 31.3. The van der Waals surface area contributed by atoms with E-state index in [0.29, 0.717) is 37.7 Å². The number of ether oxygens (including phenoxy) is 4. The summed E-state index contributed by atoms with van der Waals surface area (Å²) in [6.07, 6.45) is 5.27. The number of aliphatic hydroxyl groups excluding tert-OH is 2. The molecular formula is C33H47ClO6. The summed E-state index contributed by atoms with van der Waals surface area (Å²) in [6.45, 7) is 7.96. The van der Waals surface area contributed by atoms with Crippen molar-refractivity contribution in [1.29, 1.82) is 0 Å². The fourth-order valence-electron chi connectivity index (χ4n) is 6.10. The first-order valence-electron chi connectivity index (χ1n) is 15.1. The first-order chi connectivity index (χ1) is 19.4. The Kier molecular flexibility index (Phi) is 11.7. The van der Waals surface area contributed by atoms with Gasteiger partial charge in [0.25, 0.3) is 0 Å². The van der Waals surface area contributed by atoms with E-state index in [1.54, 1.807) is 0 Å². The van der Waals surface area contributed by atoms with Crippen LogP contribution in [-0.2, 0) is 20.6 Å². The number of unbranched alkanes of at least 4 members (excludes halogenated alkanes) is 2. The molecule has 2 aromatic carbocycles. The van der Waals surface area contributed by atoms with Crippen LogP contribution in [0.15, 0.2) is 42.5 Å². The van der Waals surface area contributed by atoms with Gasteiger partial charge in [-0.15, -0.1) is 0 Å². The minimum Gasteiger partial charge on any atom is -0.494 e. The number of hydrogen-bond acceptors (Lipinski definition) is 6. The summed E-state index contributed by atoms with van der Waals surface area (Å²) in [5.41, 5.74) is 2.61. The van der Waals surface area contributed by atoms with E-state index in [1.165, 1.54) is 0 Å². The highest BCUT2D eigenvalue weighted by Gasteiger charge is 2.61. The van der Waals surface area contributed by atoms with E-state index in [2.05, 4.69) is 32.0 Å². The topological polar surface area (TPSA) is 77.4 Å². The van der Waals surface area contributed by atoms with Gasteiger partial charge in [0, 0.05) is 30.6 Å². The maximum Gasteiger partial charge on any atom is 0.119 e. The lowest BCUT2D eigenvalue weighted by Gasteiger charge is -2.60. The zero-order valence-corrected chi connectivity index (χ0v) is 25.1. The van der Waals surface area contributed by atoms with Crippen LogP contribution < -0.4 is 4.74 Å². The summed E-state index contributed by atoms with van der Waals surface area (Å²) in [7, 11) is 0. The highest BCUT2D eigenvalue weighted by Crippen LogP contribution is 2.56. The van der Waals surface area contributed by atoms with Crippen LogP contribution in [0.4, 0.5) is 0 Å². The average molecular weight is 575 g/mol. The minimum absolute atomic E-state index is 0.115. The lowest BCUT2D eigenvalue weighted by atomic mass is 9.60. The molecule has 1 aliphatic heterocycles. The first-order valence-corrected chi connectivity index (χ1v) is 15.5. The molecule has 1 aliphatic carbocycles. The summed E-state index contributed by atoms with van der Waals surface area (Å²) in [5, 5.41) is 20.9. The second kappa shape index (κ2) is 15.0. The van der Waals surface area contributed by atoms with Crippen molar-refractivity contribution in [2.24, 2.45) is 5.92 Å². The zero-order chi connectivity index (χ0) is 28.5. The smallest absolute Gasteiger partial charge is 0.119 e. The number of hydrogen-bond donors (Lipinski definition) is 2. The Labute approximate surface area is 244 Å². The van der Waals surface area contributed by atoms with Crippen molar-refractivity contribution < 1.29 is 29.2 Å². The Morgan fingerprint density at radius 3 is 2.30 bits per heavy atom. The second-order valence-electron chi connectivity index (χ2n) is 11.3. The van der Waals surface area contributed by atoms with Gasteiger partial charge >= 0.3 is 0 Å². The normalized spacial score (nSPS) is 26.6. The molecule has 0 bridgehead atoms. The molecule has 0 spiro atoms. The molecule has 6 atom stereocenters. The predicted molar refractivity (Wildman–Crippen MR) is 158 cm³/mol. The van der Waals surface area contributed by atoms with Gasteiger partial charge in [-0.1, -0.05) is 62.6 Å². The van der Waals surface area contributed by atoms with Crippen molar-refractivity contribution in [3.8, 4) is 5.75 Å². The van der Waals surface area contributed by atoms with Gasteiger partial charge < -0.3 is 29.2 Å². The van der Waals surface area contributed by atoms with E-state index in [1.807, 2.05) is 31.2 Å². The van der Waals surface area contributed by atoms with Crippen LogP contribution in [0.1, 0.15) is 88.5 Å². The van der Waals surface area contributed by atoms with Crippen LogP contribution in [0.2, 0.25) is 5.02 Å².